The van der Waals surface area contributed by atoms with E-state index in [4.69, 9.17) is 9.47 Å². The van der Waals surface area contributed by atoms with Gasteiger partial charge in [-0.2, -0.15) is 0 Å². The Hall–Kier alpha value is -0.580. The molecule has 0 aliphatic heterocycles. The van der Waals surface area contributed by atoms with Crippen LogP contribution in [-0.4, -0.2) is 33.9 Å². The summed E-state index contributed by atoms with van der Waals surface area (Å²) in [5, 5.41) is 3.51. The third-order valence-corrected chi connectivity index (χ3v) is 4.36. The second kappa shape index (κ2) is 9.44. The van der Waals surface area contributed by atoms with E-state index in [-0.39, 0.29) is 5.41 Å². The Bertz CT molecular complexity index is 425. The second-order valence-corrected chi connectivity index (χ2v) is 6.73. The van der Waals surface area contributed by atoms with Crippen LogP contribution in [0.5, 0.6) is 5.75 Å². The predicted molar refractivity (Wildman–Crippen MR) is 92.2 cm³/mol. The minimum absolute atomic E-state index is 0.260. The van der Waals surface area contributed by atoms with Gasteiger partial charge < -0.3 is 14.8 Å². The molecule has 0 saturated carbocycles. The van der Waals surface area contributed by atoms with Crippen molar-refractivity contribution in [3.63, 3.8) is 0 Å². The van der Waals surface area contributed by atoms with Gasteiger partial charge in [-0.15, -0.1) is 0 Å². The lowest BCUT2D eigenvalue weighted by molar-refractivity contribution is 0.190. The summed E-state index contributed by atoms with van der Waals surface area (Å²) < 4.78 is 11.4. The normalized spacial score (nSPS) is 14.0. The van der Waals surface area contributed by atoms with Crippen LogP contribution in [0.2, 0.25) is 0 Å². The molecule has 3 nitrogen and oxygen atoms in total. The molecule has 1 atom stereocenters. The molecule has 0 aromatic heterocycles. The Labute approximate surface area is 137 Å². The Morgan fingerprint density at radius 1 is 1.29 bits per heavy atom. The van der Waals surface area contributed by atoms with Crippen molar-refractivity contribution in [1.82, 2.24) is 5.32 Å². The number of ether oxygens (including phenoxy) is 2. The highest BCUT2D eigenvalue weighted by molar-refractivity contribution is 9.10. The van der Waals surface area contributed by atoms with Crippen LogP contribution < -0.4 is 10.1 Å². The van der Waals surface area contributed by atoms with Gasteiger partial charge in [0.25, 0.3) is 0 Å². The lowest BCUT2D eigenvalue weighted by Gasteiger charge is -2.30. The third kappa shape index (κ3) is 6.37. The van der Waals surface area contributed by atoms with E-state index in [2.05, 4.69) is 47.2 Å². The van der Waals surface area contributed by atoms with Gasteiger partial charge in [0.15, 0.2) is 0 Å². The average Bonchev–Trinajstić information content (AvgIpc) is 2.44. The van der Waals surface area contributed by atoms with Crippen molar-refractivity contribution in [1.29, 1.82) is 0 Å². The molecular formula is C17H28BrNO2. The summed E-state index contributed by atoms with van der Waals surface area (Å²) in [5.41, 5.74) is 1.60. The molecule has 0 bridgehead atoms. The van der Waals surface area contributed by atoms with Crippen LogP contribution in [0, 0.1) is 5.41 Å². The van der Waals surface area contributed by atoms with Crippen LogP contribution in [0.25, 0.3) is 0 Å². The highest BCUT2D eigenvalue weighted by Gasteiger charge is 2.23. The molecule has 0 saturated heterocycles. The van der Waals surface area contributed by atoms with E-state index in [0.29, 0.717) is 0 Å². The van der Waals surface area contributed by atoms with E-state index in [1.165, 1.54) is 18.4 Å². The molecule has 0 aliphatic carbocycles. The Morgan fingerprint density at radius 2 is 2.05 bits per heavy atom. The first kappa shape index (κ1) is 18.5. The molecule has 1 N–H and O–H groups in total. The third-order valence-electron chi connectivity index (χ3n) is 3.74. The molecule has 120 valence electrons. The molecule has 1 rings (SSSR count). The summed E-state index contributed by atoms with van der Waals surface area (Å²) in [7, 11) is 3.43. The van der Waals surface area contributed by atoms with E-state index in [0.717, 1.165) is 36.3 Å². The van der Waals surface area contributed by atoms with Crippen molar-refractivity contribution in [2.45, 2.75) is 33.1 Å². The largest absolute Gasteiger partial charge is 0.496 e. The molecule has 0 heterocycles. The van der Waals surface area contributed by atoms with Crippen molar-refractivity contribution in [3.8, 4) is 5.75 Å². The summed E-state index contributed by atoms with van der Waals surface area (Å²) in [6.45, 7) is 7.28. The molecule has 1 unspecified atom stereocenters. The molecule has 1 aromatic carbocycles. The summed E-state index contributed by atoms with van der Waals surface area (Å²) in [4.78, 5) is 0. The quantitative estimate of drug-likeness (QED) is 0.641. The van der Waals surface area contributed by atoms with Crippen LogP contribution >= 0.6 is 15.9 Å². The molecule has 0 fully saturated rings. The predicted octanol–water partition coefficient (Wildman–Crippen LogP) is 4.04. The van der Waals surface area contributed by atoms with E-state index < -0.39 is 0 Å². The maximum absolute atomic E-state index is 5.30. The SMILES string of the molecule is CCCC(C)(CNCCOC)Cc1ccc(OC)c(Br)c1. The van der Waals surface area contributed by atoms with Gasteiger partial charge in [-0.05, 0) is 51.9 Å². The highest BCUT2D eigenvalue weighted by atomic mass is 79.9. The lowest BCUT2D eigenvalue weighted by atomic mass is 9.79. The standard InChI is InChI=1S/C17H28BrNO2/c1-5-8-17(2,13-19-9-10-20-3)12-14-6-7-16(21-4)15(18)11-14/h6-7,11,19H,5,8-10,12-13H2,1-4H3. The van der Waals surface area contributed by atoms with Gasteiger partial charge in [-0.1, -0.05) is 26.3 Å². The zero-order valence-electron chi connectivity index (χ0n) is 13.7. The maximum Gasteiger partial charge on any atom is 0.133 e. The fourth-order valence-electron chi connectivity index (χ4n) is 2.72. The van der Waals surface area contributed by atoms with Gasteiger partial charge >= 0.3 is 0 Å². The van der Waals surface area contributed by atoms with Crippen molar-refractivity contribution in [3.05, 3.63) is 28.2 Å². The minimum Gasteiger partial charge on any atom is -0.496 e. The fourth-order valence-corrected chi connectivity index (χ4v) is 3.31. The van der Waals surface area contributed by atoms with Crippen molar-refractivity contribution in [2.24, 2.45) is 5.41 Å². The molecule has 1 aromatic rings. The zero-order chi connectivity index (χ0) is 15.7. The molecule has 21 heavy (non-hydrogen) atoms. The van der Waals surface area contributed by atoms with Crippen LogP contribution in [0.15, 0.2) is 22.7 Å². The van der Waals surface area contributed by atoms with Gasteiger partial charge in [-0.25, -0.2) is 0 Å². The summed E-state index contributed by atoms with van der Waals surface area (Å²) in [5.74, 6) is 0.883. The first-order valence-corrected chi connectivity index (χ1v) is 8.36. The number of halogens is 1. The van der Waals surface area contributed by atoms with Crippen LogP contribution in [0.4, 0.5) is 0 Å². The van der Waals surface area contributed by atoms with Gasteiger partial charge in [0, 0.05) is 20.2 Å². The Kier molecular flexibility index (Phi) is 8.30. The highest BCUT2D eigenvalue weighted by Crippen LogP contribution is 2.31. The summed E-state index contributed by atoms with van der Waals surface area (Å²) >= 11 is 3.57. The van der Waals surface area contributed by atoms with Crippen LogP contribution in [-0.2, 0) is 11.2 Å². The molecule has 0 aliphatic rings. The molecule has 0 radical (unpaired) electrons. The number of benzene rings is 1. The molecular weight excluding hydrogens is 330 g/mol. The van der Waals surface area contributed by atoms with Gasteiger partial charge in [0.2, 0.25) is 0 Å². The minimum atomic E-state index is 0.260. The van der Waals surface area contributed by atoms with Crippen LogP contribution in [0.3, 0.4) is 0 Å². The van der Waals surface area contributed by atoms with Crippen LogP contribution in [0.1, 0.15) is 32.3 Å². The first-order chi connectivity index (χ1) is 10.0. The molecule has 0 amide bonds. The van der Waals surface area contributed by atoms with Gasteiger partial charge in [-0.3, -0.25) is 0 Å². The number of rotatable bonds is 10. The van der Waals surface area contributed by atoms with Crippen molar-refractivity contribution >= 4 is 15.9 Å². The van der Waals surface area contributed by atoms with E-state index in [9.17, 15) is 0 Å². The Morgan fingerprint density at radius 3 is 2.62 bits per heavy atom. The molecule has 4 heteroatoms. The Balaban J connectivity index is 2.69. The fraction of sp³-hybridized carbons (Fsp3) is 0.647. The lowest BCUT2D eigenvalue weighted by Crippen LogP contribution is -2.35. The summed E-state index contributed by atoms with van der Waals surface area (Å²) in [6.07, 6.45) is 3.46. The van der Waals surface area contributed by atoms with Gasteiger partial charge in [0.05, 0.1) is 18.2 Å². The maximum atomic E-state index is 5.30. The smallest absolute Gasteiger partial charge is 0.133 e. The van der Waals surface area contributed by atoms with E-state index in [1.807, 2.05) is 6.07 Å². The van der Waals surface area contributed by atoms with E-state index >= 15 is 0 Å². The first-order valence-electron chi connectivity index (χ1n) is 7.56. The zero-order valence-corrected chi connectivity index (χ0v) is 15.3. The van der Waals surface area contributed by atoms with Gasteiger partial charge in [0.1, 0.15) is 5.75 Å². The van der Waals surface area contributed by atoms with E-state index in [1.54, 1.807) is 14.2 Å². The number of nitrogens with one attached hydrogen (secondary N) is 1. The average molecular weight is 358 g/mol. The number of methoxy groups -OCH3 is 2. The monoisotopic (exact) mass is 357 g/mol. The van der Waals surface area contributed by atoms with Crippen molar-refractivity contribution in [2.75, 3.05) is 33.9 Å². The topological polar surface area (TPSA) is 30.5 Å². The number of hydrogen-bond donors (Lipinski definition) is 1. The molecule has 0 spiro atoms. The second-order valence-electron chi connectivity index (χ2n) is 5.88. The summed E-state index contributed by atoms with van der Waals surface area (Å²) in [6, 6.07) is 6.36. The number of hydrogen-bond acceptors (Lipinski definition) is 3. The van der Waals surface area contributed by atoms with Crippen molar-refractivity contribution < 1.29 is 9.47 Å².